The number of rotatable bonds is 7. The summed E-state index contributed by atoms with van der Waals surface area (Å²) in [5, 5.41) is 5.42. The van der Waals surface area contributed by atoms with Crippen molar-refractivity contribution in [2.45, 2.75) is 6.92 Å². The molecule has 0 saturated heterocycles. The fraction of sp³-hybridized carbons (Fsp3) is 0.429. The molecule has 0 heterocycles. The maximum Gasteiger partial charge on any atom is 0.253 e. The molecule has 6 heteroatoms. The Balaban J connectivity index is 2.80. The molecular formula is C14H21N3O3. The van der Waals surface area contributed by atoms with E-state index in [9.17, 15) is 9.59 Å². The first kappa shape index (κ1) is 16.1. The minimum atomic E-state index is -0.292. The van der Waals surface area contributed by atoms with E-state index < -0.39 is 0 Å². The highest BCUT2D eigenvalue weighted by Crippen LogP contribution is 2.16. The van der Waals surface area contributed by atoms with E-state index >= 15 is 0 Å². The highest BCUT2D eigenvalue weighted by atomic mass is 16.5. The van der Waals surface area contributed by atoms with Crippen molar-refractivity contribution in [1.29, 1.82) is 0 Å². The van der Waals surface area contributed by atoms with Gasteiger partial charge in [-0.05, 0) is 12.1 Å². The van der Waals surface area contributed by atoms with Crippen LogP contribution in [-0.4, -0.2) is 38.6 Å². The lowest BCUT2D eigenvalue weighted by atomic mass is 10.1. The smallest absolute Gasteiger partial charge is 0.253 e. The Bertz CT molecular complexity index is 463. The molecule has 1 atom stereocenters. The Kier molecular flexibility index (Phi) is 6.69. The average Bonchev–Trinajstić information content (AvgIpc) is 2.45. The maximum atomic E-state index is 12.0. The van der Waals surface area contributed by atoms with Crippen molar-refractivity contribution in [2.24, 2.45) is 11.7 Å². The van der Waals surface area contributed by atoms with Crippen molar-refractivity contribution < 1.29 is 14.3 Å². The molecule has 1 unspecified atom stereocenters. The second-order valence-corrected chi connectivity index (χ2v) is 4.44. The lowest BCUT2D eigenvalue weighted by Crippen LogP contribution is -2.30. The number of carbonyl (C=O) groups is 2. The summed E-state index contributed by atoms with van der Waals surface area (Å²) >= 11 is 0. The Morgan fingerprint density at radius 2 is 2.05 bits per heavy atom. The first-order valence-corrected chi connectivity index (χ1v) is 6.47. The third-order valence-electron chi connectivity index (χ3n) is 2.72. The van der Waals surface area contributed by atoms with Crippen LogP contribution in [0.1, 0.15) is 17.3 Å². The van der Waals surface area contributed by atoms with Gasteiger partial charge in [-0.2, -0.15) is 0 Å². The number of nitrogens with two attached hydrogens (primary N) is 1. The summed E-state index contributed by atoms with van der Waals surface area (Å²) in [6.45, 7) is 2.84. The van der Waals surface area contributed by atoms with Gasteiger partial charge in [0.05, 0.1) is 23.8 Å². The molecule has 0 spiro atoms. The van der Waals surface area contributed by atoms with Crippen molar-refractivity contribution in [3.8, 4) is 0 Å². The molecule has 1 aromatic rings. The molecule has 0 aromatic heterocycles. The molecule has 1 aromatic carbocycles. The molecule has 4 N–H and O–H groups in total. The van der Waals surface area contributed by atoms with E-state index in [0.717, 1.165) is 0 Å². The number of amides is 2. The molecule has 0 aliphatic rings. The van der Waals surface area contributed by atoms with Crippen LogP contribution in [0.2, 0.25) is 0 Å². The van der Waals surface area contributed by atoms with Crippen molar-refractivity contribution in [3.05, 3.63) is 29.8 Å². The number of benzene rings is 1. The zero-order valence-electron chi connectivity index (χ0n) is 11.8. The van der Waals surface area contributed by atoms with Gasteiger partial charge in [-0.1, -0.05) is 19.1 Å². The van der Waals surface area contributed by atoms with Crippen molar-refractivity contribution in [1.82, 2.24) is 5.32 Å². The van der Waals surface area contributed by atoms with Gasteiger partial charge in [0.15, 0.2) is 0 Å². The standard InChI is InChI=1S/C14H21N3O3/c1-10(9-20-2)13(18)17-12-6-4-3-5-11(12)14(19)16-8-7-15/h3-6,10H,7-9,15H2,1-2H3,(H,16,19)(H,17,18). The minimum absolute atomic E-state index is 0.189. The summed E-state index contributed by atoms with van der Waals surface area (Å²) < 4.78 is 4.94. The third kappa shape index (κ3) is 4.64. The molecule has 0 fully saturated rings. The van der Waals surface area contributed by atoms with E-state index in [-0.39, 0.29) is 17.7 Å². The molecule has 110 valence electrons. The van der Waals surface area contributed by atoms with Crippen LogP contribution in [0, 0.1) is 5.92 Å². The normalized spacial score (nSPS) is 11.8. The van der Waals surface area contributed by atoms with Gasteiger partial charge in [0, 0.05) is 20.2 Å². The highest BCUT2D eigenvalue weighted by Gasteiger charge is 2.16. The summed E-state index contributed by atoms with van der Waals surface area (Å²) in [6.07, 6.45) is 0. The molecule has 0 bridgehead atoms. The summed E-state index contributed by atoms with van der Waals surface area (Å²) in [7, 11) is 1.54. The van der Waals surface area contributed by atoms with E-state index in [0.29, 0.717) is 30.9 Å². The number of hydrogen-bond donors (Lipinski definition) is 3. The molecule has 0 aliphatic carbocycles. The zero-order valence-corrected chi connectivity index (χ0v) is 11.8. The van der Waals surface area contributed by atoms with Gasteiger partial charge in [-0.3, -0.25) is 9.59 Å². The van der Waals surface area contributed by atoms with Crippen LogP contribution in [0.25, 0.3) is 0 Å². The Labute approximate surface area is 118 Å². The maximum absolute atomic E-state index is 12.0. The predicted molar refractivity (Wildman–Crippen MR) is 77.5 cm³/mol. The topological polar surface area (TPSA) is 93.4 Å². The van der Waals surface area contributed by atoms with E-state index in [1.807, 2.05) is 0 Å². The van der Waals surface area contributed by atoms with Crippen molar-refractivity contribution in [2.75, 3.05) is 32.1 Å². The monoisotopic (exact) mass is 279 g/mol. The van der Waals surface area contributed by atoms with Crippen molar-refractivity contribution >= 4 is 17.5 Å². The molecule has 2 amide bonds. The van der Waals surface area contributed by atoms with E-state index in [1.54, 1.807) is 31.2 Å². The molecular weight excluding hydrogens is 258 g/mol. The van der Waals surface area contributed by atoms with Crippen LogP contribution >= 0.6 is 0 Å². The number of anilines is 1. The van der Waals surface area contributed by atoms with Gasteiger partial charge >= 0.3 is 0 Å². The van der Waals surface area contributed by atoms with E-state index in [1.165, 1.54) is 7.11 Å². The summed E-state index contributed by atoms with van der Waals surface area (Å²) in [4.78, 5) is 23.9. The molecule has 1 rings (SSSR count). The Morgan fingerprint density at radius 1 is 1.35 bits per heavy atom. The van der Waals surface area contributed by atoms with Crippen LogP contribution in [0.4, 0.5) is 5.69 Å². The first-order valence-electron chi connectivity index (χ1n) is 6.47. The Hall–Kier alpha value is -1.92. The van der Waals surface area contributed by atoms with Crippen LogP contribution < -0.4 is 16.4 Å². The zero-order chi connectivity index (χ0) is 15.0. The average molecular weight is 279 g/mol. The number of hydrogen-bond acceptors (Lipinski definition) is 4. The second-order valence-electron chi connectivity index (χ2n) is 4.44. The van der Waals surface area contributed by atoms with Gasteiger partial charge in [-0.15, -0.1) is 0 Å². The second kappa shape index (κ2) is 8.29. The lowest BCUT2D eigenvalue weighted by molar-refractivity contribution is -0.120. The van der Waals surface area contributed by atoms with E-state index in [4.69, 9.17) is 10.5 Å². The van der Waals surface area contributed by atoms with Crippen LogP contribution in [0.15, 0.2) is 24.3 Å². The van der Waals surface area contributed by atoms with Gasteiger partial charge in [-0.25, -0.2) is 0 Å². The van der Waals surface area contributed by atoms with Crippen LogP contribution in [0.5, 0.6) is 0 Å². The fourth-order valence-electron chi connectivity index (χ4n) is 1.65. The molecule has 0 saturated carbocycles. The lowest BCUT2D eigenvalue weighted by Gasteiger charge is -2.14. The van der Waals surface area contributed by atoms with Gasteiger partial charge in [0.25, 0.3) is 5.91 Å². The molecule has 0 radical (unpaired) electrons. The summed E-state index contributed by atoms with van der Waals surface area (Å²) in [5.41, 5.74) is 6.25. The predicted octanol–water partition coefficient (Wildman–Crippen LogP) is 0.596. The number of para-hydroxylation sites is 1. The fourth-order valence-corrected chi connectivity index (χ4v) is 1.65. The number of ether oxygens (including phenoxy) is 1. The van der Waals surface area contributed by atoms with Crippen LogP contribution in [0.3, 0.4) is 0 Å². The van der Waals surface area contributed by atoms with Crippen LogP contribution in [-0.2, 0) is 9.53 Å². The minimum Gasteiger partial charge on any atom is -0.384 e. The highest BCUT2D eigenvalue weighted by molar-refractivity contribution is 6.04. The SMILES string of the molecule is COCC(C)C(=O)Nc1ccccc1C(=O)NCCN. The van der Waals surface area contributed by atoms with Crippen molar-refractivity contribution in [3.63, 3.8) is 0 Å². The van der Waals surface area contributed by atoms with Gasteiger partial charge in [0.1, 0.15) is 0 Å². The quantitative estimate of drug-likeness (QED) is 0.681. The third-order valence-corrected chi connectivity index (χ3v) is 2.72. The first-order chi connectivity index (χ1) is 9.60. The largest absolute Gasteiger partial charge is 0.384 e. The van der Waals surface area contributed by atoms with Gasteiger partial charge < -0.3 is 21.1 Å². The molecule has 6 nitrogen and oxygen atoms in total. The molecule has 0 aliphatic heterocycles. The Morgan fingerprint density at radius 3 is 2.70 bits per heavy atom. The number of carbonyl (C=O) groups excluding carboxylic acids is 2. The summed E-state index contributed by atoms with van der Waals surface area (Å²) in [5.74, 6) is -0.739. The summed E-state index contributed by atoms with van der Waals surface area (Å²) in [6, 6.07) is 6.85. The van der Waals surface area contributed by atoms with E-state index in [2.05, 4.69) is 10.6 Å². The number of nitrogens with one attached hydrogen (secondary N) is 2. The number of methoxy groups -OCH3 is 1. The molecule has 20 heavy (non-hydrogen) atoms. The van der Waals surface area contributed by atoms with Gasteiger partial charge in [0.2, 0.25) is 5.91 Å².